The van der Waals surface area contributed by atoms with E-state index in [4.69, 9.17) is 9.26 Å². The smallest absolute Gasteiger partial charge is 0.260 e. The van der Waals surface area contributed by atoms with Crippen molar-refractivity contribution in [2.45, 2.75) is 0 Å². The predicted molar refractivity (Wildman–Crippen MR) is 83.5 cm³/mol. The summed E-state index contributed by atoms with van der Waals surface area (Å²) in [5, 5.41) is 6.73. The molecule has 23 heavy (non-hydrogen) atoms. The number of methoxy groups -OCH3 is 1. The van der Waals surface area contributed by atoms with E-state index in [2.05, 4.69) is 20.4 Å². The lowest BCUT2D eigenvalue weighted by atomic mass is 10.1. The molecule has 1 aromatic carbocycles. The number of rotatable bonds is 5. The summed E-state index contributed by atoms with van der Waals surface area (Å²) in [5.41, 5.74) is 2.03. The van der Waals surface area contributed by atoms with Crippen molar-refractivity contribution < 1.29 is 14.1 Å². The number of carbonyl (C=O) groups is 1. The fourth-order valence-electron chi connectivity index (χ4n) is 2.05. The highest BCUT2D eigenvalue weighted by atomic mass is 16.5. The SMILES string of the molecule is COCC(=O)Nc1ccccc1-c1nc(-c2ccncc2)no1. The Morgan fingerprint density at radius 2 is 2.00 bits per heavy atom. The van der Waals surface area contributed by atoms with Gasteiger partial charge in [0.15, 0.2) is 0 Å². The Hall–Kier alpha value is -3.06. The predicted octanol–water partition coefficient (Wildman–Crippen LogP) is 2.38. The zero-order valence-corrected chi connectivity index (χ0v) is 12.4. The lowest BCUT2D eigenvalue weighted by Gasteiger charge is -2.07. The van der Waals surface area contributed by atoms with Crippen LogP contribution in [0.5, 0.6) is 0 Å². The third-order valence-corrected chi connectivity index (χ3v) is 3.07. The Kier molecular flexibility index (Phi) is 4.39. The van der Waals surface area contributed by atoms with Crippen LogP contribution in [-0.2, 0) is 9.53 Å². The van der Waals surface area contributed by atoms with Gasteiger partial charge in [-0.3, -0.25) is 9.78 Å². The number of amides is 1. The molecular weight excluding hydrogens is 296 g/mol. The summed E-state index contributed by atoms with van der Waals surface area (Å²) in [5.74, 6) is 0.527. The Morgan fingerprint density at radius 1 is 1.22 bits per heavy atom. The van der Waals surface area contributed by atoms with Crippen molar-refractivity contribution in [2.75, 3.05) is 19.0 Å². The molecule has 3 rings (SSSR count). The summed E-state index contributed by atoms with van der Waals surface area (Å²) in [6, 6.07) is 10.8. The summed E-state index contributed by atoms with van der Waals surface area (Å²) in [4.78, 5) is 20.0. The molecule has 1 N–H and O–H groups in total. The molecule has 7 heteroatoms. The van der Waals surface area contributed by atoms with Gasteiger partial charge in [-0.25, -0.2) is 0 Å². The van der Waals surface area contributed by atoms with Crippen LogP contribution in [0.2, 0.25) is 0 Å². The number of hydrogen-bond acceptors (Lipinski definition) is 6. The Labute approximate surface area is 132 Å². The minimum absolute atomic E-state index is 0.0273. The zero-order valence-electron chi connectivity index (χ0n) is 12.4. The molecular formula is C16H14N4O3. The highest BCUT2D eigenvalue weighted by Crippen LogP contribution is 2.28. The number of anilines is 1. The first-order chi connectivity index (χ1) is 11.3. The van der Waals surface area contributed by atoms with Crippen molar-refractivity contribution in [3.8, 4) is 22.8 Å². The standard InChI is InChI=1S/C16H14N4O3/c1-22-10-14(21)18-13-5-3-2-4-12(13)16-19-15(20-23-16)11-6-8-17-9-7-11/h2-9H,10H2,1H3,(H,18,21). The van der Waals surface area contributed by atoms with Crippen molar-refractivity contribution in [1.82, 2.24) is 15.1 Å². The van der Waals surface area contributed by atoms with E-state index in [1.54, 1.807) is 36.7 Å². The molecule has 0 aliphatic carbocycles. The fourth-order valence-corrected chi connectivity index (χ4v) is 2.05. The Bertz CT molecular complexity index is 802. The monoisotopic (exact) mass is 310 g/mol. The molecule has 0 aliphatic rings. The number of ether oxygens (including phenoxy) is 1. The molecule has 0 spiro atoms. The highest BCUT2D eigenvalue weighted by Gasteiger charge is 2.15. The molecule has 2 heterocycles. The van der Waals surface area contributed by atoms with Crippen LogP contribution in [0.4, 0.5) is 5.69 Å². The maximum atomic E-state index is 11.7. The van der Waals surface area contributed by atoms with Crippen molar-refractivity contribution >= 4 is 11.6 Å². The maximum Gasteiger partial charge on any atom is 0.260 e. The summed E-state index contributed by atoms with van der Waals surface area (Å²) in [6.45, 7) is -0.0273. The molecule has 0 fully saturated rings. The quantitative estimate of drug-likeness (QED) is 0.778. The number of carbonyl (C=O) groups excluding carboxylic acids is 1. The minimum Gasteiger partial charge on any atom is -0.375 e. The van der Waals surface area contributed by atoms with Gasteiger partial charge in [0.2, 0.25) is 11.7 Å². The molecule has 0 saturated heterocycles. The van der Waals surface area contributed by atoms with E-state index in [0.717, 1.165) is 5.56 Å². The molecule has 116 valence electrons. The molecule has 0 bridgehead atoms. The van der Waals surface area contributed by atoms with Crippen LogP contribution in [0.1, 0.15) is 0 Å². The van der Waals surface area contributed by atoms with E-state index >= 15 is 0 Å². The van der Waals surface area contributed by atoms with Gasteiger partial charge >= 0.3 is 0 Å². The maximum absolute atomic E-state index is 11.7. The van der Waals surface area contributed by atoms with Crippen molar-refractivity contribution in [3.63, 3.8) is 0 Å². The van der Waals surface area contributed by atoms with E-state index in [9.17, 15) is 4.79 Å². The Balaban J connectivity index is 1.91. The van der Waals surface area contributed by atoms with Gasteiger partial charge in [-0.1, -0.05) is 17.3 Å². The summed E-state index contributed by atoms with van der Waals surface area (Å²) < 4.78 is 10.1. The number of pyridine rings is 1. The number of para-hydroxylation sites is 1. The minimum atomic E-state index is -0.256. The number of benzene rings is 1. The molecule has 0 saturated carbocycles. The van der Waals surface area contributed by atoms with E-state index in [1.807, 2.05) is 12.1 Å². The van der Waals surface area contributed by atoms with Crippen LogP contribution >= 0.6 is 0 Å². The van der Waals surface area contributed by atoms with Gasteiger partial charge in [-0.05, 0) is 24.3 Å². The molecule has 7 nitrogen and oxygen atoms in total. The molecule has 0 atom stereocenters. The van der Waals surface area contributed by atoms with E-state index < -0.39 is 0 Å². The third kappa shape index (κ3) is 3.41. The first-order valence-corrected chi connectivity index (χ1v) is 6.90. The van der Waals surface area contributed by atoms with Crippen molar-refractivity contribution in [1.29, 1.82) is 0 Å². The van der Waals surface area contributed by atoms with E-state index in [1.165, 1.54) is 7.11 Å². The second-order valence-corrected chi connectivity index (χ2v) is 4.69. The number of nitrogens with one attached hydrogen (secondary N) is 1. The van der Waals surface area contributed by atoms with Gasteiger partial charge < -0.3 is 14.6 Å². The molecule has 0 aliphatic heterocycles. The van der Waals surface area contributed by atoms with Crippen LogP contribution in [0.3, 0.4) is 0 Å². The topological polar surface area (TPSA) is 90.1 Å². The van der Waals surface area contributed by atoms with Gasteiger partial charge in [-0.2, -0.15) is 4.98 Å². The van der Waals surface area contributed by atoms with Crippen LogP contribution < -0.4 is 5.32 Å². The number of nitrogens with zero attached hydrogens (tertiary/aromatic N) is 3. The molecule has 2 aromatic heterocycles. The third-order valence-electron chi connectivity index (χ3n) is 3.07. The molecule has 0 unspecified atom stereocenters. The van der Waals surface area contributed by atoms with E-state index in [0.29, 0.717) is 23.0 Å². The van der Waals surface area contributed by atoms with Gasteiger partial charge in [0.05, 0.1) is 11.3 Å². The summed E-state index contributed by atoms with van der Waals surface area (Å²) >= 11 is 0. The zero-order chi connectivity index (χ0) is 16.1. The van der Waals surface area contributed by atoms with Gasteiger partial charge in [0.25, 0.3) is 5.89 Å². The first-order valence-electron chi connectivity index (χ1n) is 6.90. The van der Waals surface area contributed by atoms with Crippen LogP contribution in [0.25, 0.3) is 22.8 Å². The van der Waals surface area contributed by atoms with Crippen molar-refractivity contribution in [2.24, 2.45) is 0 Å². The van der Waals surface area contributed by atoms with Crippen molar-refractivity contribution in [3.05, 3.63) is 48.8 Å². The molecule has 1 amide bonds. The summed E-state index contributed by atoms with van der Waals surface area (Å²) in [6.07, 6.45) is 3.31. The number of aromatic nitrogens is 3. The van der Waals surface area contributed by atoms with Crippen LogP contribution in [0.15, 0.2) is 53.3 Å². The van der Waals surface area contributed by atoms with Gasteiger partial charge in [-0.15, -0.1) is 0 Å². The van der Waals surface area contributed by atoms with Gasteiger partial charge in [0, 0.05) is 25.1 Å². The molecule has 3 aromatic rings. The average molecular weight is 310 g/mol. The lowest BCUT2D eigenvalue weighted by Crippen LogP contribution is -2.17. The van der Waals surface area contributed by atoms with E-state index in [-0.39, 0.29) is 12.5 Å². The largest absolute Gasteiger partial charge is 0.375 e. The average Bonchev–Trinajstić information content (AvgIpc) is 3.06. The lowest BCUT2D eigenvalue weighted by molar-refractivity contribution is -0.119. The Morgan fingerprint density at radius 3 is 2.78 bits per heavy atom. The summed E-state index contributed by atoms with van der Waals surface area (Å²) in [7, 11) is 1.46. The normalized spacial score (nSPS) is 10.5. The fraction of sp³-hybridized carbons (Fsp3) is 0.125. The van der Waals surface area contributed by atoms with Crippen LogP contribution in [-0.4, -0.2) is 34.7 Å². The highest BCUT2D eigenvalue weighted by molar-refractivity contribution is 5.95. The van der Waals surface area contributed by atoms with Crippen LogP contribution in [0, 0.1) is 0 Å². The second-order valence-electron chi connectivity index (χ2n) is 4.69. The second kappa shape index (κ2) is 6.80. The van der Waals surface area contributed by atoms with Gasteiger partial charge in [0.1, 0.15) is 6.61 Å². The number of hydrogen-bond donors (Lipinski definition) is 1. The first kappa shape index (κ1) is 14.9. The molecule has 0 radical (unpaired) electrons.